The van der Waals surface area contributed by atoms with Crippen molar-refractivity contribution in [2.45, 2.75) is 13.0 Å². The fourth-order valence-corrected chi connectivity index (χ4v) is 2.37. The first kappa shape index (κ1) is 13.6. The largest absolute Gasteiger partial charge is 0.496 e. The molecule has 3 rings (SSSR count). The van der Waals surface area contributed by atoms with Gasteiger partial charge in [-0.2, -0.15) is 0 Å². The first-order valence-electron chi connectivity index (χ1n) is 6.60. The minimum absolute atomic E-state index is 0.336. The van der Waals surface area contributed by atoms with Gasteiger partial charge in [-0.1, -0.05) is 12.1 Å². The number of fused-ring (bicyclic) bond motifs is 1. The van der Waals surface area contributed by atoms with Gasteiger partial charge in [-0.15, -0.1) is 0 Å². The van der Waals surface area contributed by atoms with Crippen molar-refractivity contribution in [2.75, 3.05) is 7.11 Å². The number of aryl methyl sites for hydroxylation is 1. The first-order chi connectivity index (χ1) is 10.1. The summed E-state index contributed by atoms with van der Waals surface area (Å²) in [6.07, 6.45) is -0.962. The second-order valence-electron chi connectivity index (χ2n) is 4.98. The van der Waals surface area contributed by atoms with Gasteiger partial charge in [-0.05, 0) is 42.8 Å². The molecule has 0 aliphatic heterocycles. The highest BCUT2D eigenvalue weighted by Crippen LogP contribution is 2.33. The second-order valence-corrected chi connectivity index (χ2v) is 4.98. The van der Waals surface area contributed by atoms with Crippen molar-refractivity contribution in [2.24, 2.45) is 0 Å². The molecule has 0 aliphatic rings. The van der Waals surface area contributed by atoms with E-state index in [9.17, 15) is 9.50 Å². The lowest BCUT2D eigenvalue weighted by molar-refractivity contribution is 0.188. The molecule has 1 N–H and O–H groups in total. The van der Waals surface area contributed by atoms with Crippen LogP contribution in [-0.4, -0.2) is 12.2 Å². The molecule has 2 aromatic carbocycles. The number of aliphatic hydroxyl groups excluding tert-OH is 1. The minimum atomic E-state index is -0.962. The van der Waals surface area contributed by atoms with Gasteiger partial charge in [0.15, 0.2) is 0 Å². The Labute approximate surface area is 121 Å². The monoisotopic (exact) mass is 286 g/mol. The summed E-state index contributed by atoms with van der Waals surface area (Å²) in [5, 5.41) is 11.1. The Kier molecular flexibility index (Phi) is 3.39. The van der Waals surface area contributed by atoms with Crippen molar-refractivity contribution in [3.63, 3.8) is 0 Å². The first-order valence-corrected chi connectivity index (χ1v) is 6.60. The van der Waals surface area contributed by atoms with Gasteiger partial charge in [0.25, 0.3) is 0 Å². The molecule has 0 saturated heterocycles. The minimum Gasteiger partial charge on any atom is -0.496 e. The Morgan fingerprint density at radius 2 is 1.95 bits per heavy atom. The van der Waals surface area contributed by atoms with Gasteiger partial charge < -0.3 is 14.3 Å². The molecule has 4 heteroatoms. The van der Waals surface area contributed by atoms with Crippen molar-refractivity contribution in [3.8, 4) is 5.75 Å². The number of halogens is 1. The second kappa shape index (κ2) is 5.22. The fourth-order valence-electron chi connectivity index (χ4n) is 2.37. The van der Waals surface area contributed by atoms with Crippen LogP contribution in [0, 0.1) is 12.7 Å². The molecule has 0 radical (unpaired) electrons. The molecule has 0 amide bonds. The SMILES string of the molecule is COc1cc(C)ccc1C(O)c1cc2cc(F)ccc2o1. The maximum atomic E-state index is 13.2. The third-order valence-corrected chi connectivity index (χ3v) is 3.45. The Balaban J connectivity index is 2.05. The smallest absolute Gasteiger partial charge is 0.140 e. The highest BCUT2D eigenvalue weighted by molar-refractivity contribution is 5.78. The summed E-state index contributed by atoms with van der Waals surface area (Å²) in [6.45, 7) is 1.95. The summed E-state index contributed by atoms with van der Waals surface area (Å²) in [4.78, 5) is 0. The molecular formula is C17H15FO3. The molecule has 0 bridgehead atoms. The number of aliphatic hydroxyl groups is 1. The molecule has 0 aliphatic carbocycles. The van der Waals surface area contributed by atoms with E-state index in [-0.39, 0.29) is 5.82 Å². The summed E-state index contributed by atoms with van der Waals surface area (Å²) in [6, 6.07) is 11.4. The van der Waals surface area contributed by atoms with Crippen LogP contribution in [0.1, 0.15) is 23.0 Å². The lowest BCUT2D eigenvalue weighted by Gasteiger charge is -2.13. The van der Waals surface area contributed by atoms with E-state index in [0.717, 1.165) is 5.56 Å². The molecule has 3 aromatic rings. The normalized spacial score (nSPS) is 12.6. The Bertz CT molecular complexity index is 792. The maximum absolute atomic E-state index is 13.2. The van der Waals surface area contributed by atoms with E-state index < -0.39 is 6.10 Å². The molecule has 21 heavy (non-hydrogen) atoms. The van der Waals surface area contributed by atoms with E-state index in [2.05, 4.69) is 0 Å². The zero-order valence-corrected chi connectivity index (χ0v) is 11.8. The van der Waals surface area contributed by atoms with Gasteiger partial charge in [0, 0.05) is 10.9 Å². The molecule has 1 unspecified atom stereocenters. The highest BCUT2D eigenvalue weighted by Gasteiger charge is 2.19. The van der Waals surface area contributed by atoms with Crippen molar-refractivity contribution < 1.29 is 18.7 Å². The van der Waals surface area contributed by atoms with E-state index in [1.54, 1.807) is 25.3 Å². The number of methoxy groups -OCH3 is 1. The van der Waals surface area contributed by atoms with E-state index in [4.69, 9.17) is 9.15 Å². The number of hydrogen-bond donors (Lipinski definition) is 1. The maximum Gasteiger partial charge on any atom is 0.140 e. The number of ether oxygens (including phenoxy) is 1. The fraction of sp³-hybridized carbons (Fsp3) is 0.176. The van der Waals surface area contributed by atoms with Crippen LogP contribution in [0.3, 0.4) is 0 Å². The lowest BCUT2D eigenvalue weighted by atomic mass is 10.0. The molecule has 108 valence electrons. The van der Waals surface area contributed by atoms with E-state index in [1.807, 2.05) is 19.1 Å². The summed E-state index contributed by atoms with van der Waals surface area (Å²) in [5.41, 5.74) is 2.19. The number of hydrogen-bond acceptors (Lipinski definition) is 3. The van der Waals surface area contributed by atoms with Gasteiger partial charge in [0.2, 0.25) is 0 Å². The average Bonchev–Trinajstić information content (AvgIpc) is 2.89. The zero-order chi connectivity index (χ0) is 15.0. The molecular weight excluding hydrogens is 271 g/mol. The molecule has 1 aromatic heterocycles. The lowest BCUT2D eigenvalue weighted by Crippen LogP contribution is -2.01. The van der Waals surface area contributed by atoms with Crippen molar-refractivity contribution in [3.05, 3.63) is 65.2 Å². The van der Waals surface area contributed by atoms with Gasteiger partial charge in [0.05, 0.1) is 7.11 Å². The standard InChI is InChI=1S/C17H15FO3/c1-10-3-5-13(15(7-10)20-2)17(19)16-9-11-8-12(18)4-6-14(11)21-16/h3-9,17,19H,1-2H3. The van der Waals surface area contributed by atoms with Gasteiger partial charge in [-0.3, -0.25) is 0 Å². The summed E-state index contributed by atoms with van der Waals surface area (Å²) in [7, 11) is 1.55. The van der Waals surface area contributed by atoms with Crippen LogP contribution in [0.5, 0.6) is 5.75 Å². The molecule has 3 nitrogen and oxygen atoms in total. The van der Waals surface area contributed by atoms with E-state index >= 15 is 0 Å². The number of furan rings is 1. The van der Waals surface area contributed by atoms with E-state index in [1.165, 1.54) is 12.1 Å². The molecule has 0 saturated carbocycles. The van der Waals surface area contributed by atoms with Gasteiger partial charge in [-0.25, -0.2) is 4.39 Å². The van der Waals surface area contributed by atoms with Crippen LogP contribution in [0.4, 0.5) is 4.39 Å². The van der Waals surface area contributed by atoms with Crippen LogP contribution >= 0.6 is 0 Å². The zero-order valence-electron chi connectivity index (χ0n) is 11.8. The molecule has 1 atom stereocenters. The number of benzene rings is 2. The van der Waals surface area contributed by atoms with Crippen LogP contribution in [0.2, 0.25) is 0 Å². The van der Waals surface area contributed by atoms with Gasteiger partial charge in [0.1, 0.15) is 29.0 Å². The average molecular weight is 286 g/mol. The third kappa shape index (κ3) is 2.50. The van der Waals surface area contributed by atoms with Crippen LogP contribution in [-0.2, 0) is 0 Å². The van der Waals surface area contributed by atoms with Gasteiger partial charge >= 0.3 is 0 Å². The molecule has 1 heterocycles. The third-order valence-electron chi connectivity index (χ3n) is 3.45. The van der Waals surface area contributed by atoms with Crippen molar-refractivity contribution >= 4 is 11.0 Å². The number of rotatable bonds is 3. The summed E-state index contributed by atoms with van der Waals surface area (Å²) >= 11 is 0. The van der Waals surface area contributed by atoms with E-state index in [0.29, 0.717) is 28.0 Å². The predicted octanol–water partition coefficient (Wildman–Crippen LogP) is 3.97. The van der Waals surface area contributed by atoms with Crippen molar-refractivity contribution in [1.82, 2.24) is 0 Å². The molecule has 0 spiro atoms. The Morgan fingerprint density at radius 1 is 1.14 bits per heavy atom. The Hall–Kier alpha value is -2.33. The van der Waals surface area contributed by atoms with Crippen LogP contribution < -0.4 is 4.74 Å². The quantitative estimate of drug-likeness (QED) is 0.792. The Morgan fingerprint density at radius 3 is 2.71 bits per heavy atom. The van der Waals surface area contributed by atoms with Crippen LogP contribution in [0.15, 0.2) is 46.9 Å². The van der Waals surface area contributed by atoms with Crippen molar-refractivity contribution in [1.29, 1.82) is 0 Å². The summed E-state index contributed by atoms with van der Waals surface area (Å²) in [5.74, 6) is 0.615. The molecule has 0 fully saturated rings. The predicted molar refractivity (Wildman–Crippen MR) is 78.0 cm³/mol. The summed E-state index contributed by atoms with van der Waals surface area (Å²) < 4.78 is 24.1. The topological polar surface area (TPSA) is 42.6 Å². The van der Waals surface area contributed by atoms with Crippen LogP contribution in [0.25, 0.3) is 11.0 Å². The highest BCUT2D eigenvalue weighted by atomic mass is 19.1.